The van der Waals surface area contributed by atoms with Gasteiger partial charge >= 0.3 is 23.1 Å². The molecule has 0 saturated heterocycles. The maximum absolute atomic E-state index is 12.5. The van der Waals surface area contributed by atoms with E-state index in [0.29, 0.717) is 0 Å². The van der Waals surface area contributed by atoms with Crippen molar-refractivity contribution < 1.29 is 70.5 Å². The molecule has 0 spiro atoms. The minimum Gasteiger partial charge on any atom is -0.741 e. The first-order chi connectivity index (χ1) is 9.16. The molecule has 0 atom stereocenters. The Morgan fingerprint density at radius 1 is 0.591 bits per heavy atom. The van der Waals surface area contributed by atoms with E-state index < -0.39 is 43.3 Å². The molecule has 0 amide bonds. The molecule has 18 heteroatoms. The van der Waals surface area contributed by atoms with Gasteiger partial charge in [0.1, 0.15) is 0 Å². The SMILES string of the molecule is O=S(=O)([O-])C(F)(F)OC(F)(F)C(F)(F)OC(F)(F)S(=O)(=O)[O-]. The topological polar surface area (TPSA) is 133 Å². The van der Waals surface area contributed by atoms with Crippen LogP contribution in [0.4, 0.5) is 35.1 Å². The van der Waals surface area contributed by atoms with E-state index in [-0.39, 0.29) is 0 Å². The van der Waals surface area contributed by atoms with E-state index in [1.165, 1.54) is 0 Å². The lowest BCUT2D eigenvalue weighted by molar-refractivity contribution is -0.491. The van der Waals surface area contributed by atoms with Crippen LogP contribution < -0.4 is 0 Å². The second kappa shape index (κ2) is 5.37. The number of hydrogen-bond donors (Lipinski definition) is 0. The summed E-state index contributed by atoms with van der Waals surface area (Å²) in [4.78, 5) is 0. The molecule has 0 aromatic carbocycles. The predicted molar refractivity (Wildman–Crippen MR) is 41.4 cm³/mol. The van der Waals surface area contributed by atoms with Crippen molar-refractivity contribution in [2.45, 2.75) is 23.1 Å². The van der Waals surface area contributed by atoms with Crippen molar-refractivity contribution in [3.63, 3.8) is 0 Å². The lowest BCUT2D eigenvalue weighted by Gasteiger charge is -2.31. The van der Waals surface area contributed by atoms with Crippen molar-refractivity contribution >= 4 is 20.2 Å². The highest BCUT2D eigenvalue weighted by molar-refractivity contribution is 7.86. The summed E-state index contributed by atoms with van der Waals surface area (Å²) >= 11 is 0. The van der Waals surface area contributed by atoms with E-state index >= 15 is 0 Å². The van der Waals surface area contributed by atoms with Gasteiger partial charge in [-0.15, -0.1) is 0 Å². The maximum atomic E-state index is 12.5. The van der Waals surface area contributed by atoms with Crippen LogP contribution in [0.5, 0.6) is 0 Å². The third-order valence-corrected chi connectivity index (χ3v) is 2.75. The molecule has 0 fully saturated rings. The zero-order valence-corrected chi connectivity index (χ0v) is 10.7. The molecule has 0 radical (unpaired) electrons. The van der Waals surface area contributed by atoms with Crippen LogP contribution in [-0.2, 0) is 29.7 Å². The van der Waals surface area contributed by atoms with E-state index in [1.54, 1.807) is 9.47 Å². The van der Waals surface area contributed by atoms with Gasteiger partial charge in [-0.2, -0.15) is 35.1 Å². The van der Waals surface area contributed by atoms with Gasteiger partial charge in [0, 0.05) is 0 Å². The molecule has 0 unspecified atom stereocenters. The van der Waals surface area contributed by atoms with Crippen molar-refractivity contribution in [1.82, 2.24) is 0 Å². The van der Waals surface area contributed by atoms with Crippen LogP contribution in [-0.4, -0.2) is 49.0 Å². The number of ether oxygens (including phenoxy) is 2. The molecule has 0 aliphatic rings. The number of hydrogen-bond acceptors (Lipinski definition) is 8. The summed E-state index contributed by atoms with van der Waals surface area (Å²) in [6.07, 6.45) is -13.9. The number of alkyl halides is 8. The Morgan fingerprint density at radius 3 is 0.909 bits per heavy atom. The molecule has 0 N–H and O–H groups in total. The molecule has 8 nitrogen and oxygen atoms in total. The Labute approximate surface area is 115 Å². The number of rotatable bonds is 7. The van der Waals surface area contributed by atoms with Crippen LogP contribution in [0.1, 0.15) is 0 Å². The highest BCUT2D eigenvalue weighted by Crippen LogP contribution is 2.44. The first-order valence-electron chi connectivity index (χ1n) is 3.99. The van der Waals surface area contributed by atoms with Gasteiger partial charge in [0.25, 0.3) is 0 Å². The van der Waals surface area contributed by atoms with Crippen LogP contribution in [0, 0.1) is 0 Å². The second-order valence-corrected chi connectivity index (χ2v) is 5.84. The van der Waals surface area contributed by atoms with Crippen molar-refractivity contribution in [3.05, 3.63) is 0 Å². The molecule has 22 heavy (non-hydrogen) atoms. The van der Waals surface area contributed by atoms with Crippen molar-refractivity contribution in [1.29, 1.82) is 0 Å². The molecule has 0 aliphatic heterocycles. The van der Waals surface area contributed by atoms with Crippen molar-refractivity contribution in [2.24, 2.45) is 0 Å². The highest BCUT2D eigenvalue weighted by atomic mass is 32.2. The monoisotopic (exact) mass is 392 g/mol. The highest BCUT2D eigenvalue weighted by Gasteiger charge is 2.69. The third-order valence-electron chi connectivity index (χ3n) is 1.41. The third kappa shape index (κ3) is 4.35. The Hall–Kier alpha value is -0.820. The van der Waals surface area contributed by atoms with Crippen molar-refractivity contribution in [3.8, 4) is 0 Å². The average molecular weight is 392 g/mol. The average Bonchev–Trinajstić information content (AvgIpc) is 2.09. The molecule has 0 aromatic rings. The Balaban J connectivity index is 5.62. The first-order valence-corrected chi connectivity index (χ1v) is 6.80. The summed E-state index contributed by atoms with van der Waals surface area (Å²) in [6.45, 7) is 0. The minimum atomic E-state index is -7.11. The van der Waals surface area contributed by atoms with Gasteiger partial charge in [-0.25, -0.2) is 26.3 Å². The minimum absolute atomic E-state index is 1.64. The van der Waals surface area contributed by atoms with Crippen LogP contribution in [0.3, 0.4) is 0 Å². The molecule has 0 saturated carbocycles. The Kier molecular flexibility index (Phi) is 5.17. The van der Waals surface area contributed by atoms with Gasteiger partial charge < -0.3 is 9.11 Å². The fourth-order valence-electron chi connectivity index (χ4n) is 0.519. The standard InChI is InChI=1S/C4H2F8O8S2/c5-1(6,19-3(9,10)21(13,14)15)2(7,8)20-4(11,12)22(16,17)18/h(H,13,14,15)(H,16,17,18)/p-2. The summed E-state index contributed by atoms with van der Waals surface area (Å²) in [5.41, 5.74) is -13.1. The Morgan fingerprint density at radius 2 is 0.773 bits per heavy atom. The molecule has 134 valence electrons. The summed E-state index contributed by atoms with van der Waals surface area (Å²) in [5.74, 6) is 0. The fourth-order valence-corrected chi connectivity index (χ4v) is 0.933. The summed E-state index contributed by atoms with van der Waals surface area (Å²) in [7, 11) is -14.2. The van der Waals surface area contributed by atoms with Crippen LogP contribution >= 0.6 is 0 Å². The largest absolute Gasteiger partial charge is 0.741 e. The Bertz CT molecular complexity index is 567. The maximum Gasteiger partial charge on any atom is 0.455 e. The molecule has 0 bridgehead atoms. The quantitative estimate of drug-likeness (QED) is 0.449. The van der Waals surface area contributed by atoms with Crippen LogP contribution in [0.25, 0.3) is 0 Å². The van der Waals surface area contributed by atoms with Gasteiger partial charge in [0.05, 0.1) is 0 Å². The molecular weight excluding hydrogens is 392 g/mol. The van der Waals surface area contributed by atoms with E-state index in [0.717, 1.165) is 0 Å². The smallest absolute Gasteiger partial charge is 0.455 e. The second-order valence-electron chi connectivity index (χ2n) is 3.07. The molecule has 0 aliphatic carbocycles. The molecule has 0 rings (SSSR count). The first kappa shape index (κ1) is 21.2. The summed E-state index contributed by atoms with van der Waals surface area (Å²) < 4.78 is 161. The predicted octanol–water partition coefficient (Wildman–Crippen LogP) is 0.396. The van der Waals surface area contributed by atoms with E-state index in [1.807, 2.05) is 0 Å². The van der Waals surface area contributed by atoms with Gasteiger partial charge in [0.15, 0.2) is 20.2 Å². The van der Waals surface area contributed by atoms with E-state index in [9.17, 15) is 61.1 Å². The fraction of sp³-hybridized carbons (Fsp3) is 1.00. The summed E-state index contributed by atoms with van der Waals surface area (Å²) in [5, 5.41) is 0. The van der Waals surface area contributed by atoms with E-state index in [4.69, 9.17) is 0 Å². The van der Waals surface area contributed by atoms with Gasteiger partial charge in [0.2, 0.25) is 0 Å². The lowest BCUT2D eigenvalue weighted by atomic mass is 10.6. The van der Waals surface area contributed by atoms with Crippen LogP contribution in [0.15, 0.2) is 0 Å². The van der Waals surface area contributed by atoms with Gasteiger partial charge in [-0.3, -0.25) is 0 Å². The van der Waals surface area contributed by atoms with Gasteiger partial charge in [-0.1, -0.05) is 0 Å². The van der Waals surface area contributed by atoms with Crippen LogP contribution in [0.2, 0.25) is 0 Å². The zero-order chi connectivity index (χ0) is 18.4. The molecule has 0 aromatic heterocycles. The van der Waals surface area contributed by atoms with Gasteiger partial charge in [-0.05, 0) is 0 Å². The van der Waals surface area contributed by atoms with Crippen molar-refractivity contribution in [2.75, 3.05) is 0 Å². The number of halogens is 8. The molecule has 0 heterocycles. The van der Waals surface area contributed by atoms with E-state index in [2.05, 4.69) is 0 Å². The lowest BCUT2D eigenvalue weighted by Crippen LogP contribution is -2.54. The zero-order valence-electron chi connectivity index (χ0n) is 9.11. The molecular formula is C4F8O8S2-2. The normalized spacial score (nSPS) is 15.9. The summed E-state index contributed by atoms with van der Waals surface area (Å²) in [6, 6.07) is 0.